The first-order chi connectivity index (χ1) is 8.76. The van der Waals surface area contributed by atoms with E-state index in [4.69, 9.17) is 5.73 Å². The maximum atomic E-state index is 5.68. The van der Waals surface area contributed by atoms with Gasteiger partial charge in [-0.25, -0.2) is 0 Å². The Balaban J connectivity index is 2.20. The molecule has 2 unspecified atom stereocenters. The third-order valence-electron chi connectivity index (χ3n) is 3.79. The normalized spacial score (nSPS) is 18.2. The van der Waals surface area contributed by atoms with Crippen molar-refractivity contribution >= 4 is 11.8 Å². The Kier molecular flexibility index (Phi) is 5.10. The van der Waals surface area contributed by atoms with Gasteiger partial charge < -0.3 is 11.1 Å². The first-order valence-corrected chi connectivity index (χ1v) is 7.87. The molecule has 0 amide bonds. The lowest BCUT2D eigenvalue weighted by Gasteiger charge is -2.25. The summed E-state index contributed by atoms with van der Waals surface area (Å²) >= 11 is 1.99. The van der Waals surface area contributed by atoms with Crippen LogP contribution in [0.1, 0.15) is 36.9 Å². The number of rotatable bonds is 5. The van der Waals surface area contributed by atoms with E-state index in [1.807, 2.05) is 18.8 Å². The maximum absolute atomic E-state index is 5.68. The fraction of sp³-hybridized carbons (Fsp3) is 0.600. The van der Waals surface area contributed by atoms with Gasteiger partial charge in [0.05, 0.1) is 0 Å². The lowest BCUT2D eigenvalue weighted by atomic mass is 9.90. The number of hydrogen-bond donors (Lipinski definition) is 2. The van der Waals surface area contributed by atoms with Gasteiger partial charge in [-0.05, 0) is 61.7 Å². The monoisotopic (exact) mass is 264 g/mol. The number of hydrogen-bond acceptors (Lipinski definition) is 3. The van der Waals surface area contributed by atoms with Crippen LogP contribution in [0.4, 0.5) is 0 Å². The lowest BCUT2D eigenvalue weighted by Crippen LogP contribution is -2.25. The molecule has 1 heterocycles. The second kappa shape index (κ2) is 6.60. The highest BCUT2D eigenvalue weighted by Crippen LogP contribution is 2.33. The Hall–Kier alpha value is -0.510. The predicted molar refractivity (Wildman–Crippen MR) is 80.1 cm³/mol. The van der Waals surface area contributed by atoms with Gasteiger partial charge in [0.15, 0.2) is 0 Å². The Morgan fingerprint density at radius 3 is 3.00 bits per heavy atom. The first kappa shape index (κ1) is 13.9. The number of benzene rings is 1. The second-order valence-electron chi connectivity index (χ2n) is 5.14. The fourth-order valence-corrected chi connectivity index (χ4v) is 3.80. The summed E-state index contributed by atoms with van der Waals surface area (Å²) in [6.45, 7) is 3.04. The van der Waals surface area contributed by atoms with Crippen molar-refractivity contribution in [1.82, 2.24) is 5.32 Å². The van der Waals surface area contributed by atoms with E-state index in [1.165, 1.54) is 34.6 Å². The summed E-state index contributed by atoms with van der Waals surface area (Å²) in [7, 11) is 2.05. The quantitative estimate of drug-likeness (QED) is 0.858. The number of fused-ring (bicyclic) bond motifs is 1. The first-order valence-electron chi connectivity index (χ1n) is 6.89. The molecule has 100 valence electrons. The Morgan fingerprint density at radius 1 is 1.44 bits per heavy atom. The van der Waals surface area contributed by atoms with Crippen molar-refractivity contribution in [2.75, 3.05) is 19.3 Å². The summed E-state index contributed by atoms with van der Waals surface area (Å²) in [5.41, 5.74) is 8.63. The third kappa shape index (κ3) is 3.08. The standard InChI is InChI=1S/C15H24N2S/c1-11(7-8-16)15(17-2)13-5-6-14-12(10-13)4-3-9-18-14/h5-6,10-11,15,17H,3-4,7-9,16H2,1-2H3. The molecule has 3 heteroatoms. The molecule has 2 nitrogen and oxygen atoms in total. The summed E-state index contributed by atoms with van der Waals surface area (Å²) in [4.78, 5) is 1.48. The number of nitrogens with one attached hydrogen (secondary N) is 1. The Morgan fingerprint density at radius 2 is 2.28 bits per heavy atom. The van der Waals surface area contributed by atoms with Crippen molar-refractivity contribution in [3.8, 4) is 0 Å². The highest BCUT2D eigenvalue weighted by Gasteiger charge is 2.19. The van der Waals surface area contributed by atoms with Gasteiger partial charge in [-0.2, -0.15) is 0 Å². The number of nitrogens with two attached hydrogens (primary N) is 1. The van der Waals surface area contributed by atoms with E-state index in [1.54, 1.807) is 0 Å². The molecule has 1 aromatic carbocycles. The maximum Gasteiger partial charge on any atom is 0.0344 e. The molecule has 0 bridgehead atoms. The van der Waals surface area contributed by atoms with Crippen molar-refractivity contribution in [2.24, 2.45) is 11.7 Å². The lowest BCUT2D eigenvalue weighted by molar-refractivity contribution is 0.391. The number of thioether (sulfide) groups is 1. The molecule has 0 aromatic heterocycles. The molecule has 1 aliphatic heterocycles. The molecule has 0 spiro atoms. The summed E-state index contributed by atoms with van der Waals surface area (Å²) in [5, 5.41) is 3.45. The van der Waals surface area contributed by atoms with Gasteiger partial charge in [0.2, 0.25) is 0 Å². The molecule has 18 heavy (non-hydrogen) atoms. The third-order valence-corrected chi connectivity index (χ3v) is 5.00. The van der Waals surface area contributed by atoms with Gasteiger partial charge in [0.1, 0.15) is 0 Å². The van der Waals surface area contributed by atoms with Crippen molar-refractivity contribution in [1.29, 1.82) is 0 Å². The molecule has 1 aliphatic rings. The second-order valence-corrected chi connectivity index (χ2v) is 6.28. The molecule has 3 N–H and O–H groups in total. The molecule has 0 fully saturated rings. The average Bonchev–Trinajstić information content (AvgIpc) is 2.40. The van der Waals surface area contributed by atoms with E-state index < -0.39 is 0 Å². The van der Waals surface area contributed by atoms with Crippen LogP contribution in [0.2, 0.25) is 0 Å². The summed E-state index contributed by atoms with van der Waals surface area (Å²) in [6, 6.07) is 7.40. The van der Waals surface area contributed by atoms with Gasteiger partial charge in [-0.15, -0.1) is 11.8 Å². The minimum Gasteiger partial charge on any atom is -0.330 e. The van der Waals surface area contributed by atoms with Gasteiger partial charge in [-0.1, -0.05) is 19.1 Å². The van der Waals surface area contributed by atoms with E-state index in [0.29, 0.717) is 12.0 Å². The molecular weight excluding hydrogens is 240 g/mol. The fourth-order valence-electron chi connectivity index (χ4n) is 2.78. The van der Waals surface area contributed by atoms with Crippen LogP contribution in [-0.2, 0) is 6.42 Å². The minimum atomic E-state index is 0.422. The molecular formula is C15H24N2S. The largest absolute Gasteiger partial charge is 0.330 e. The Labute approximate surface area is 115 Å². The number of aryl methyl sites for hydroxylation is 1. The molecule has 0 aliphatic carbocycles. The van der Waals surface area contributed by atoms with Gasteiger partial charge >= 0.3 is 0 Å². The zero-order valence-corrected chi connectivity index (χ0v) is 12.2. The highest BCUT2D eigenvalue weighted by atomic mass is 32.2. The van der Waals surface area contributed by atoms with Crippen molar-refractivity contribution in [3.63, 3.8) is 0 Å². The molecule has 0 saturated heterocycles. The van der Waals surface area contributed by atoms with Crippen molar-refractivity contribution < 1.29 is 0 Å². The Bertz CT molecular complexity index is 392. The van der Waals surface area contributed by atoms with Crippen LogP contribution in [0.3, 0.4) is 0 Å². The van der Waals surface area contributed by atoms with Gasteiger partial charge in [0.25, 0.3) is 0 Å². The van der Waals surface area contributed by atoms with Gasteiger partial charge in [-0.3, -0.25) is 0 Å². The smallest absolute Gasteiger partial charge is 0.0344 e. The summed E-state index contributed by atoms with van der Waals surface area (Å²) in [5.74, 6) is 1.85. The van der Waals surface area contributed by atoms with Crippen molar-refractivity contribution in [3.05, 3.63) is 29.3 Å². The molecule has 2 rings (SSSR count). The van der Waals surface area contributed by atoms with Crippen LogP contribution in [0, 0.1) is 5.92 Å². The minimum absolute atomic E-state index is 0.422. The van der Waals surface area contributed by atoms with Crippen LogP contribution < -0.4 is 11.1 Å². The van der Waals surface area contributed by atoms with Crippen LogP contribution in [-0.4, -0.2) is 19.3 Å². The zero-order valence-electron chi connectivity index (χ0n) is 11.4. The van der Waals surface area contributed by atoms with Crippen LogP contribution >= 0.6 is 11.8 Å². The predicted octanol–water partition coefficient (Wildman–Crippen LogP) is 2.97. The van der Waals surface area contributed by atoms with E-state index >= 15 is 0 Å². The van der Waals surface area contributed by atoms with E-state index in [2.05, 4.69) is 30.4 Å². The van der Waals surface area contributed by atoms with Crippen LogP contribution in [0.15, 0.2) is 23.1 Å². The average molecular weight is 264 g/mol. The van der Waals surface area contributed by atoms with Gasteiger partial charge in [0, 0.05) is 10.9 Å². The zero-order chi connectivity index (χ0) is 13.0. The van der Waals surface area contributed by atoms with E-state index in [0.717, 1.165) is 13.0 Å². The SMILES string of the molecule is CNC(c1ccc2c(c1)CCCS2)C(C)CCN. The molecule has 0 saturated carbocycles. The topological polar surface area (TPSA) is 38.0 Å². The molecule has 1 aromatic rings. The van der Waals surface area contributed by atoms with Crippen LogP contribution in [0.25, 0.3) is 0 Å². The molecule has 0 radical (unpaired) electrons. The van der Waals surface area contributed by atoms with Crippen molar-refractivity contribution in [2.45, 2.75) is 37.1 Å². The summed E-state index contributed by atoms with van der Waals surface area (Å²) < 4.78 is 0. The molecule has 2 atom stereocenters. The van der Waals surface area contributed by atoms with Crippen LogP contribution in [0.5, 0.6) is 0 Å². The highest BCUT2D eigenvalue weighted by molar-refractivity contribution is 7.99. The summed E-state index contributed by atoms with van der Waals surface area (Å²) in [6.07, 6.45) is 3.61. The van der Waals surface area contributed by atoms with E-state index in [-0.39, 0.29) is 0 Å². The van der Waals surface area contributed by atoms with E-state index in [9.17, 15) is 0 Å².